The smallest absolute Gasteiger partial charge is 0.343 e. The van der Waals surface area contributed by atoms with Crippen molar-refractivity contribution >= 4 is 17.9 Å². The third-order valence-electron chi connectivity index (χ3n) is 8.85. The number of aliphatic hydroxyl groups excluding tert-OH is 2. The van der Waals surface area contributed by atoms with Gasteiger partial charge in [0.25, 0.3) is 0 Å². The fourth-order valence-electron chi connectivity index (χ4n) is 8.27. The molecule has 164 valence electrons. The van der Waals surface area contributed by atoms with Gasteiger partial charge in [-0.05, 0) is 12.3 Å². The van der Waals surface area contributed by atoms with E-state index >= 15 is 0 Å². The van der Waals surface area contributed by atoms with Crippen molar-refractivity contribution in [3.05, 3.63) is 0 Å². The Morgan fingerprint density at radius 3 is 2.33 bits per heavy atom. The molecule has 11 atom stereocenters. The molecular formula is C20H24O10. The monoisotopic (exact) mass is 424 g/mol. The molecule has 0 aromatic carbocycles. The van der Waals surface area contributed by atoms with Gasteiger partial charge in [0.05, 0.1) is 29.3 Å². The normalized spacial score (nSPS) is 60.1. The molecule has 0 aromatic heterocycles. The van der Waals surface area contributed by atoms with Gasteiger partial charge in [0, 0.05) is 5.92 Å². The van der Waals surface area contributed by atoms with Crippen LogP contribution < -0.4 is 0 Å². The SMILES string of the molecule is C[C@@H]1C(=O)OC2[C@H](O)C34C5OC(=O)C3(OC3OC(=O)CC34[C@H](C(C)(C)C)[C@H]5O)[C@]21O. The summed E-state index contributed by atoms with van der Waals surface area (Å²) in [6, 6.07) is 0. The maximum atomic E-state index is 13.4. The van der Waals surface area contributed by atoms with Crippen LogP contribution in [0.5, 0.6) is 0 Å². The molecule has 4 saturated heterocycles. The summed E-state index contributed by atoms with van der Waals surface area (Å²) in [5, 5.41) is 34.8. The van der Waals surface area contributed by atoms with Gasteiger partial charge in [-0.2, -0.15) is 0 Å². The van der Waals surface area contributed by atoms with Gasteiger partial charge in [-0.3, -0.25) is 9.59 Å². The molecule has 0 radical (unpaired) electrons. The summed E-state index contributed by atoms with van der Waals surface area (Å²) < 4.78 is 22.5. The fraction of sp³-hybridized carbons (Fsp3) is 0.850. The summed E-state index contributed by atoms with van der Waals surface area (Å²) in [4.78, 5) is 38.2. The molecule has 2 saturated carbocycles. The number of esters is 3. The Bertz CT molecular complexity index is 925. The standard InChI is InChI=1S/C20H24O10/c1-6-13(24)28-12-10(23)18-11-8(22)9(16(2,3)4)17(18)5-7(21)27-15(17)30-20(18,14(25)29-11)19(6,12)26/h6,8-12,15,22-23,26H,5H2,1-4H3/t6-,8-,9+,10+,11?,12?,15?,17?,18?,19-,20?/m1/s1. The van der Waals surface area contributed by atoms with Gasteiger partial charge in [0.15, 0.2) is 11.7 Å². The molecule has 2 aliphatic carbocycles. The first-order valence-corrected chi connectivity index (χ1v) is 10.2. The quantitative estimate of drug-likeness (QED) is 0.314. The van der Waals surface area contributed by atoms with Crippen molar-refractivity contribution in [2.45, 2.75) is 76.0 Å². The second-order valence-electron chi connectivity index (χ2n) is 10.7. The zero-order chi connectivity index (χ0) is 21.8. The third kappa shape index (κ3) is 1.35. The highest BCUT2D eigenvalue weighted by atomic mass is 16.7. The highest BCUT2D eigenvalue weighted by Crippen LogP contribution is 2.84. The van der Waals surface area contributed by atoms with Crippen LogP contribution in [-0.2, 0) is 33.3 Å². The van der Waals surface area contributed by atoms with E-state index in [1.165, 1.54) is 6.92 Å². The molecule has 6 fully saturated rings. The van der Waals surface area contributed by atoms with Crippen molar-refractivity contribution in [1.29, 1.82) is 0 Å². The average molecular weight is 424 g/mol. The Morgan fingerprint density at radius 1 is 1.03 bits per heavy atom. The number of carbonyl (C=O) groups excluding carboxylic acids is 3. The average Bonchev–Trinajstić information content (AvgIpc) is 3.32. The molecule has 10 nitrogen and oxygen atoms in total. The molecule has 6 aliphatic rings. The molecule has 2 spiro atoms. The number of ether oxygens (including phenoxy) is 4. The number of carbonyl (C=O) groups is 3. The van der Waals surface area contributed by atoms with E-state index < -0.39 is 87.9 Å². The molecule has 0 aromatic rings. The van der Waals surface area contributed by atoms with Crippen LogP contribution in [0, 0.1) is 28.1 Å². The van der Waals surface area contributed by atoms with Crippen molar-refractivity contribution in [2.75, 3.05) is 0 Å². The summed E-state index contributed by atoms with van der Waals surface area (Å²) in [5.74, 6) is -4.24. The number of hydrogen-bond donors (Lipinski definition) is 3. The van der Waals surface area contributed by atoms with E-state index in [2.05, 4.69) is 0 Å². The van der Waals surface area contributed by atoms with Crippen LogP contribution in [0.15, 0.2) is 0 Å². The van der Waals surface area contributed by atoms with Gasteiger partial charge < -0.3 is 34.3 Å². The molecule has 30 heavy (non-hydrogen) atoms. The summed E-state index contributed by atoms with van der Waals surface area (Å²) in [7, 11) is 0. The minimum Gasteiger partial charge on any atom is -0.456 e. The van der Waals surface area contributed by atoms with Gasteiger partial charge >= 0.3 is 17.9 Å². The fourth-order valence-corrected chi connectivity index (χ4v) is 8.27. The van der Waals surface area contributed by atoms with Crippen LogP contribution in [0.1, 0.15) is 34.1 Å². The van der Waals surface area contributed by atoms with Crippen LogP contribution in [-0.4, -0.2) is 75.1 Å². The minimum absolute atomic E-state index is 0.228. The van der Waals surface area contributed by atoms with E-state index in [0.29, 0.717) is 0 Å². The topological polar surface area (TPSA) is 149 Å². The van der Waals surface area contributed by atoms with Gasteiger partial charge in [0.1, 0.15) is 12.2 Å². The van der Waals surface area contributed by atoms with Crippen LogP contribution in [0.3, 0.4) is 0 Å². The molecule has 3 N–H and O–H groups in total. The molecular weight excluding hydrogens is 400 g/mol. The molecule has 10 heteroatoms. The van der Waals surface area contributed by atoms with Crippen LogP contribution in [0.2, 0.25) is 0 Å². The van der Waals surface area contributed by atoms with Crippen molar-refractivity contribution in [3.63, 3.8) is 0 Å². The second-order valence-corrected chi connectivity index (χ2v) is 10.7. The predicted molar refractivity (Wildman–Crippen MR) is 92.0 cm³/mol. The highest BCUT2D eigenvalue weighted by molar-refractivity contribution is 5.93. The van der Waals surface area contributed by atoms with Crippen molar-refractivity contribution in [1.82, 2.24) is 0 Å². The Labute approximate surface area is 171 Å². The lowest BCUT2D eigenvalue weighted by Crippen LogP contribution is -2.65. The van der Waals surface area contributed by atoms with Crippen molar-refractivity contribution < 1.29 is 48.7 Å². The van der Waals surface area contributed by atoms with Crippen molar-refractivity contribution in [3.8, 4) is 0 Å². The maximum absolute atomic E-state index is 13.4. The van der Waals surface area contributed by atoms with Gasteiger partial charge in [-0.1, -0.05) is 20.8 Å². The van der Waals surface area contributed by atoms with Crippen LogP contribution in [0.4, 0.5) is 0 Å². The first kappa shape index (κ1) is 19.0. The lowest BCUT2D eigenvalue weighted by atomic mass is 9.52. The molecule has 4 aliphatic heterocycles. The largest absolute Gasteiger partial charge is 0.456 e. The summed E-state index contributed by atoms with van der Waals surface area (Å²) in [5.41, 5.74) is -8.15. The van der Waals surface area contributed by atoms with Crippen molar-refractivity contribution in [2.24, 2.45) is 28.1 Å². The van der Waals surface area contributed by atoms with Gasteiger partial charge in [-0.25, -0.2) is 4.79 Å². The minimum atomic E-state index is -2.24. The maximum Gasteiger partial charge on any atom is 0.343 e. The first-order valence-electron chi connectivity index (χ1n) is 10.2. The lowest BCUT2D eigenvalue weighted by molar-refractivity contribution is -0.240. The molecule has 0 bridgehead atoms. The molecule has 0 amide bonds. The van der Waals surface area contributed by atoms with E-state index in [9.17, 15) is 29.7 Å². The first-order chi connectivity index (χ1) is 13.8. The summed E-state index contributed by atoms with van der Waals surface area (Å²) in [6.45, 7) is 7.00. The van der Waals surface area contributed by atoms with E-state index in [1.54, 1.807) is 0 Å². The van der Waals surface area contributed by atoms with Crippen LogP contribution in [0.25, 0.3) is 0 Å². The predicted octanol–water partition coefficient (Wildman–Crippen LogP) is -1.37. The van der Waals surface area contributed by atoms with E-state index in [0.717, 1.165) is 0 Å². The summed E-state index contributed by atoms with van der Waals surface area (Å²) in [6.07, 6.45) is -7.11. The highest BCUT2D eigenvalue weighted by Gasteiger charge is 3.03. The number of aliphatic hydroxyl groups is 3. The van der Waals surface area contributed by atoms with Gasteiger partial charge in [0.2, 0.25) is 11.9 Å². The lowest BCUT2D eigenvalue weighted by Gasteiger charge is -2.46. The van der Waals surface area contributed by atoms with Crippen LogP contribution >= 0.6 is 0 Å². The molecule has 6 rings (SSSR count). The van der Waals surface area contributed by atoms with E-state index in [4.69, 9.17) is 18.9 Å². The zero-order valence-corrected chi connectivity index (χ0v) is 16.9. The Hall–Kier alpha value is -1.75. The second kappa shape index (κ2) is 4.69. The zero-order valence-electron chi connectivity index (χ0n) is 16.9. The third-order valence-corrected chi connectivity index (χ3v) is 8.85. The Morgan fingerprint density at radius 2 is 1.70 bits per heavy atom. The molecule has 6 unspecified atom stereocenters. The Kier molecular flexibility index (Phi) is 2.97. The number of hydrogen-bond acceptors (Lipinski definition) is 10. The molecule has 4 heterocycles. The Balaban J connectivity index is 1.72. The van der Waals surface area contributed by atoms with E-state index in [1.807, 2.05) is 20.8 Å². The van der Waals surface area contributed by atoms with E-state index in [-0.39, 0.29) is 6.42 Å². The number of rotatable bonds is 0. The van der Waals surface area contributed by atoms with Gasteiger partial charge in [-0.15, -0.1) is 0 Å². The number of fused-ring (bicyclic) bond motifs is 1. The summed E-state index contributed by atoms with van der Waals surface area (Å²) >= 11 is 0.